The number of hydrogen-bond acceptors (Lipinski definition) is 5. The first kappa shape index (κ1) is 24.1. The SMILES string of the molecule is Cc1ccc(S(=O)(=O)N2CCOC(=O)C(c3ccccc3)(c3ccccc3)CC(CO)C2)cc1. The van der Waals surface area contributed by atoms with E-state index < -0.39 is 27.3 Å². The van der Waals surface area contributed by atoms with Gasteiger partial charge in [0.05, 0.1) is 4.90 Å². The van der Waals surface area contributed by atoms with Crippen LogP contribution in [0.4, 0.5) is 0 Å². The molecule has 1 heterocycles. The molecule has 1 aliphatic heterocycles. The molecule has 1 atom stereocenters. The summed E-state index contributed by atoms with van der Waals surface area (Å²) in [6.07, 6.45) is 0.205. The van der Waals surface area contributed by atoms with Crippen molar-refractivity contribution in [2.45, 2.75) is 23.7 Å². The van der Waals surface area contributed by atoms with Gasteiger partial charge in [-0.2, -0.15) is 4.31 Å². The minimum atomic E-state index is -3.83. The predicted octanol–water partition coefficient (Wildman–Crippen LogP) is 3.53. The monoisotopic (exact) mass is 479 g/mol. The van der Waals surface area contributed by atoms with Gasteiger partial charge in [-0.3, -0.25) is 4.79 Å². The molecule has 3 aromatic rings. The van der Waals surface area contributed by atoms with Crippen molar-refractivity contribution < 1.29 is 23.1 Å². The number of esters is 1. The maximum absolute atomic E-state index is 13.7. The van der Waals surface area contributed by atoms with Gasteiger partial charge in [-0.15, -0.1) is 0 Å². The molecular weight excluding hydrogens is 450 g/mol. The number of benzene rings is 3. The van der Waals surface area contributed by atoms with Crippen LogP contribution in [0.3, 0.4) is 0 Å². The summed E-state index contributed by atoms with van der Waals surface area (Å²) in [7, 11) is -3.83. The Morgan fingerprint density at radius 2 is 1.50 bits per heavy atom. The number of aliphatic hydroxyl groups is 1. The van der Waals surface area contributed by atoms with Gasteiger partial charge in [-0.05, 0) is 42.5 Å². The molecule has 1 aliphatic rings. The van der Waals surface area contributed by atoms with Crippen LogP contribution in [0.15, 0.2) is 89.8 Å². The molecule has 1 fully saturated rings. The quantitative estimate of drug-likeness (QED) is 0.566. The first-order valence-electron chi connectivity index (χ1n) is 11.3. The third-order valence-corrected chi connectivity index (χ3v) is 8.31. The van der Waals surface area contributed by atoms with Gasteiger partial charge in [0, 0.05) is 19.7 Å². The molecule has 6 nitrogen and oxygen atoms in total. The van der Waals surface area contributed by atoms with E-state index in [2.05, 4.69) is 0 Å². The molecule has 0 radical (unpaired) electrons. The van der Waals surface area contributed by atoms with Gasteiger partial charge in [-0.25, -0.2) is 8.42 Å². The summed E-state index contributed by atoms with van der Waals surface area (Å²) < 4.78 is 33.9. The van der Waals surface area contributed by atoms with Gasteiger partial charge in [0.25, 0.3) is 0 Å². The van der Waals surface area contributed by atoms with E-state index >= 15 is 0 Å². The Morgan fingerprint density at radius 3 is 2.03 bits per heavy atom. The number of rotatable bonds is 5. The molecule has 34 heavy (non-hydrogen) atoms. The van der Waals surface area contributed by atoms with Crippen molar-refractivity contribution in [3.8, 4) is 0 Å². The molecule has 1 saturated heterocycles. The zero-order chi connectivity index (χ0) is 24.2. The van der Waals surface area contributed by atoms with Crippen molar-refractivity contribution in [3.05, 3.63) is 102 Å². The number of carbonyl (C=O) groups is 1. The second-order valence-electron chi connectivity index (χ2n) is 8.70. The van der Waals surface area contributed by atoms with Crippen molar-refractivity contribution in [2.75, 3.05) is 26.3 Å². The van der Waals surface area contributed by atoms with Gasteiger partial charge >= 0.3 is 5.97 Å². The van der Waals surface area contributed by atoms with Gasteiger partial charge < -0.3 is 9.84 Å². The van der Waals surface area contributed by atoms with Crippen LogP contribution in [0.2, 0.25) is 0 Å². The van der Waals surface area contributed by atoms with Crippen molar-refractivity contribution in [1.82, 2.24) is 4.31 Å². The lowest BCUT2D eigenvalue weighted by Gasteiger charge is -2.35. The third-order valence-electron chi connectivity index (χ3n) is 6.43. The minimum absolute atomic E-state index is 0.0120. The summed E-state index contributed by atoms with van der Waals surface area (Å²) in [4.78, 5) is 13.9. The highest BCUT2D eigenvalue weighted by Crippen LogP contribution is 2.40. The fourth-order valence-electron chi connectivity index (χ4n) is 4.61. The number of ether oxygens (including phenoxy) is 1. The van der Waals surface area contributed by atoms with Crippen molar-refractivity contribution in [1.29, 1.82) is 0 Å². The van der Waals surface area contributed by atoms with Crippen LogP contribution in [0, 0.1) is 12.8 Å². The Balaban J connectivity index is 1.77. The Morgan fingerprint density at radius 1 is 0.941 bits per heavy atom. The van der Waals surface area contributed by atoms with Crippen LogP contribution in [-0.4, -0.2) is 50.1 Å². The molecule has 0 aliphatic carbocycles. The molecule has 0 bridgehead atoms. The summed E-state index contributed by atoms with van der Waals surface area (Å²) in [5, 5.41) is 10.3. The van der Waals surface area contributed by atoms with E-state index in [1.807, 2.05) is 67.6 Å². The van der Waals surface area contributed by atoms with Gasteiger partial charge in [-0.1, -0.05) is 78.4 Å². The summed E-state index contributed by atoms with van der Waals surface area (Å²) in [6, 6.07) is 25.4. The molecule has 1 N–H and O–H groups in total. The number of carbonyl (C=O) groups excluding carboxylic acids is 1. The number of aliphatic hydroxyl groups excluding tert-OH is 1. The van der Waals surface area contributed by atoms with Crippen LogP contribution in [-0.2, 0) is 25.0 Å². The summed E-state index contributed by atoms with van der Waals surface area (Å²) in [6.45, 7) is 1.63. The van der Waals surface area contributed by atoms with Crippen LogP contribution >= 0.6 is 0 Å². The van der Waals surface area contributed by atoms with Crippen molar-refractivity contribution in [2.24, 2.45) is 5.92 Å². The van der Waals surface area contributed by atoms with Crippen LogP contribution < -0.4 is 0 Å². The summed E-state index contributed by atoms with van der Waals surface area (Å²) >= 11 is 0. The zero-order valence-electron chi connectivity index (χ0n) is 19.1. The standard InChI is InChI=1S/C27H29NO5S/c1-21-12-14-25(15-13-21)34(31,32)28-16-17-33-26(30)27(18-22(19-28)20-29,23-8-4-2-5-9-23)24-10-6-3-7-11-24/h2-15,22,29H,16-20H2,1H3. The molecular formula is C27H29NO5S. The van der Waals surface area contributed by atoms with E-state index in [-0.39, 0.29) is 37.6 Å². The molecule has 3 aromatic carbocycles. The van der Waals surface area contributed by atoms with Crippen molar-refractivity contribution in [3.63, 3.8) is 0 Å². The van der Waals surface area contributed by atoms with Crippen LogP contribution in [0.1, 0.15) is 23.1 Å². The number of sulfonamides is 1. The van der Waals surface area contributed by atoms with E-state index in [0.717, 1.165) is 16.7 Å². The molecule has 1 unspecified atom stereocenters. The maximum atomic E-state index is 13.7. The molecule has 0 amide bonds. The number of nitrogens with zero attached hydrogens (tertiary/aromatic N) is 1. The Kier molecular flexibility index (Phi) is 7.16. The van der Waals surface area contributed by atoms with Crippen molar-refractivity contribution >= 4 is 16.0 Å². The van der Waals surface area contributed by atoms with Gasteiger partial charge in [0.2, 0.25) is 10.0 Å². The van der Waals surface area contributed by atoms with E-state index in [1.165, 1.54) is 4.31 Å². The molecule has 0 aromatic heterocycles. The Bertz CT molecular complexity index is 1170. The summed E-state index contributed by atoms with van der Waals surface area (Å²) in [5.74, 6) is -0.941. The average Bonchev–Trinajstić information content (AvgIpc) is 2.93. The molecule has 0 spiro atoms. The molecule has 178 valence electrons. The average molecular weight is 480 g/mol. The molecule has 0 saturated carbocycles. The number of hydrogen-bond donors (Lipinski definition) is 1. The fourth-order valence-corrected chi connectivity index (χ4v) is 6.11. The highest BCUT2D eigenvalue weighted by atomic mass is 32.2. The van der Waals surface area contributed by atoms with Gasteiger partial charge in [0.1, 0.15) is 12.0 Å². The predicted molar refractivity (Wildman–Crippen MR) is 130 cm³/mol. The number of cyclic esters (lactones) is 1. The first-order valence-corrected chi connectivity index (χ1v) is 12.8. The second-order valence-corrected chi connectivity index (χ2v) is 10.6. The second kappa shape index (κ2) is 10.1. The lowest BCUT2D eigenvalue weighted by molar-refractivity contribution is -0.149. The summed E-state index contributed by atoms with van der Waals surface area (Å²) in [5.41, 5.74) is 1.29. The van der Waals surface area contributed by atoms with E-state index in [4.69, 9.17) is 4.74 Å². The van der Waals surface area contributed by atoms with Crippen LogP contribution in [0.5, 0.6) is 0 Å². The van der Waals surface area contributed by atoms with Crippen LogP contribution in [0.25, 0.3) is 0 Å². The Labute approximate surface area is 200 Å². The molecule has 7 heteroatoms. The number of aryl methyl sites for hydroxylation is 1. The van der Waals surface area contributed by atoms with Gasteiger partial charge in [0.15, 0.2) is 0 Å². The van der Waals surface area contributed by atoms with E-state index in [9.17, 15) is 18.3 Å². The third kappa shape index (κ3) is 4.64. The Hall–Kier alpha value is -3.00. The lowest BCUT2D eigenvalue weighted by Crippen LogP contribution is -2.42. The molecule has 4 rings (SSSR count). The maximum Gasteiger partial charge on any atom is 0.321 e. The highest BCUT2D eigenvalue weighted by molar-refractivity contribution is 7.89. The largest absolute Gasteiger partial charge is 0.463 e. The topological polar surface area (TPSA) is 83.9 Å². The first-order chi connectivity index (χ1) is 16.4. The fraction of sp³-hybridized carbons (Fsp3) is 0.296. The zero-order valence-corrected chi connectivity index (χ0v) is 19.9. The lowest BCUT2D eigenvalue weighted by atomic mass is 9.69. The smallest absolute Gasteiger partial charge is 0.321 e. The highest BCUT2D eigenvalue weighted by Gasteiger charge is 2.46. The normalized spacial score (nSPS) is 19.5. The van der Waals surface area contributed by atoms with E-state index in [1.54, 1.807) is 24.3 Å². The van der Waals surface area contributed by atoms with E-state index in [0.29, 0.717) is 0 Å². The minimum Gasteiger partial charge on any atom is -0.463 e.